The zero-order chi connectivity index (χ0) is 33.4. The normalized spacial score (nSPS) is 23.6. The monoisotopic (exact) mass is 676 g/mol. The van der Waals surface area contributed by atoms with Crippen molar-refractivity contribution in [3.8, 4) is 28.6 Å². The van der Waals surface area contributed by atoms with Gasteiger partial charge in [0, 0.05) is 41.6 Å². The number of rotatable bonds is 7. The van der Waals surface area contributed by atoms with Gasteiger partial charge in [-0.2, -0.15) is 4.39 Å². The smallest absolute Gasteiger partial charge is 0.204 e. The van der Waals surface area contributed by atoms with Crippen molar-refractivity contribution in [1.29, 1.82) is 0 Å². The fourth-order valence-electron chi connectivity index (χ4n) is 7.93. The van der Waals surface area contributed by atoms with Gasteiger partial charge in [-0.1, -0.05) is 18.2 Å². The van der Waals surface area contributed by atoms with Gasteiger partial charge in [-0.3, -0.25) is 0 Å². The van der Waals surface area contributed by atoms with Crippen LogP contribution in [0.15, 0.2) is 59.8 Å². The predicted molar refractivity (Wildman–Crippen MR) is 175 cm³/mol. The van der Waals surface area contributed by atoms with E-state index in [9.17, 15) is 8.42 Å². The summed E-state index contributed by atoms with van der Waals surface area (Å²) in [5.74, 6) is -2.36. The van der Waals surface area contributed by atoms with Crippen LogP contribution in [0.4, 0.5) is 13.2 Å². The van der Waals surface area contributed by atoms with E-state index in [1.165, 1.54) is 24.4 Å². The third-order valence-corrected chi connectivity index (χ3v) is 11.7. The predicted octanol–water partition coefficient (Wildman–Crippen LogP) is 7.14. The molecule has 0 amide bonds. The number of benzene rings is 3. The van der Waals surface area contributed by atoms with Gasteiger partial charge in [0.15, 0.2) is 21.4 Å². The molecule has 6 heterocycles. The third-order valence-electron chi connectivity index (χ3n) is 10.6. The second-order valence-corrected chi connectivity index (χ2v) is 15.5. The van der Waals surface area contributed by atoms with Crippen LogP contribution in [0.1, 0.15) is 43.0 Å². The molecule has 2 unspecified atom stereocenters. The lowest BCUT2D eigenvalue weighted by Gasteiger charge is -2.45. The van der Waals surface area contributed by atoms with Gasteiger partial charge >= 0.3 is 0 Å². The number of hydrogen-bond acceptors (Lipinski definition) is 6. The van der Waals surface area contributed by atoms with Gasteiger partial charge in [0.25, 0.3) is 0 Å². The molecule has 0 aliphatic carbocycles. The second-order valence-electron chi connectivity index (χ2n) is 13.5. The number of ether oxygens (including phenoxy) is 2. The Bertz CT molecular complexity index is 2170. The molecular weight excluding hydrogens is 641 g/mol. The summed E-state index contributed by atoms with van der Waals surface area (Å²) in [6.45, 7) is 5.44. The Hall–Kier alpha value is -4.29. The Morgan fingerprint density at radius 3 is 2.62 bits per heavy atom. The summed E-state index contributed by atoms with van der Waals surface area (Å²) >= 11 is 0. The molecule has 4 aliphatic heterocycles. The standard InChI is InChI=1S/C36H35F3N4O4S/c1-36(10-14-46-27-6-4-3-5-25(27)36)29-18-41-35(42-29)24-17-28(21(16-26(24)37)15-22-19-43-12-8-20(22)9-13-43)47-33-31(39)30(38)32-23(7-11-40-32)34(33)48(2,44)45/h3-7,11,16-18,20,22,40H,8-10,12-15,19H2,1-2H3,(H,41,42). The number of hydrogen-bond donors (Lipinski definition) is 2. The van der Waals surface area contributed by atoms with Crippen LogP contribution in [0.25, 0.3) is 22.3 Å². The highest BCUT2D eigenvalue weighted by atomic mass is 32.2. The number of imidazole rings is 1. The highest BCUT2D eigenvalue weighted by molar-refractivity contribution is 7.91. The van der Waals surface area contributed by atoms with Crippen LogP contribution in [0.5, 0.6) is 17.2 Å². The first-order valence-corrected chi connectivity index (χ1v) is 18.1. The molecule has 2 aromatic heterocycles. The highest BCUT2D eigenvalue weighted by Crippen LogP contribution is 2.45. The first-order valence-electron chi connectivity index (χ1n) is 16.2. The van der Waals surface area contributed by atoms with Crippen LogP contribution < -0.4 is 9.47 Å². The Labute approximate surface area is 276 Å². The Morgan fingerprint density at radius 2 is 1.88 bits per heavy atom. The molecule has 3 fully saturated rings. The van der Waals surface area contributed by atoms with Crippen molar-refractivity contribution >= 4 is 20.7 Å². The number of nitrogens with zero attached hydrogens (tertiary/aromatic N) is 2. The summed E-state index contributed by atoms with van der Waals surface area (Å²) in [5, 5.41) is -0.0339. The summed E-state index contributed by atoms with van der Waals surface area (Å²) in [6, 6.07) is 11.9. The molecule has 2 N–H and O–H groups in total. The molecule has 3 saturated heterocycles. The Balaban J connectivity index is 1.25. The minimum absolute atomic E-state index is 0.0339. The minimum Gasteiger partial charge on any atom is -0.493 e. The average Bonchev–Trinajstić information content (AvgIpc) is 3.76. The van der Waals surface area contributed by atoms with Crippen LogP contribution in [-0.2, 0) is 21.7 Å². The van der Waals surface area contributed by atoms with Crippen molar-refractivity contribution in [3.05, 3.63) is 89.1 Å². The molecule has 2 atom stereocenters. The van der Waals surface area contributed by atoms with E-state index in [1.54, 1.807) is 6.20 Å². The zero-order valence-electron chi connectivity index (χ0n) is 26.6. The molecule has 5 aromatic rings. The van der Waals surface area contributed by atoms with E-state index in [4.69, 9.17) is 14.5 Å². The van der Waals surface area contributed by atoms with Crippen molar-refractivity contribution in [1.82, 2.24) is 19.9 Å². The van der Waals surface area contributed by atoms with Gasteiger partial charge in [0.05, 0.1) is 23.4 Å². The van der Waals surface area contributed by atoms with Gasteiger partial charge in [0.2, 0.25) is 5.82 Å². The van der Waals surface area contributed by atoms with E-state index in [2.05, 4.69) is 21.8 Å². The topological polar surface area (TPSA) is 100 Å². The molecule has 4 aliphatic rings. The SMILES string of the molecule is CC1(c2c[nH]c(-c3cc(Oc4c(F)c(F)c5[nH]ccc5c4S(C)(=O)=O)c(CC4CN5CCC4CC5)cc3F)n2)CCOc2ccccc21. The maximum Gasteiger partial charge on any atom is 0.204 e. The maximum atomic E-state index is 16.2. The molecular formula is C36H35F3N4O4S. The van der Waals surface area contributed by atoms with E-state index in [0.29, 0.717) is 36.6 Å². The number of nitrogens with one attached hydrogen (secondary N) is 2. The third kappa shape index (κ3) is 5.07. The fraction of sp³-hybridized carbons (Fsp3) is 0.361. The van der Waals surface area contributed by atoms with Gasteiger partial charge in [0.1, 0.15) is 28.0 Å². The van der Waals surface area contributed by atoms with Gasteiger partial charge < -0.3 is 24.3 Å². The van der Waals surface area contributed by atoms with Crippen LogP contribution in [-0.4, -0.2) is 60.8 Å². The van der Waals surface area contributed by atoms with Crippen LogP contribution >= 0.6 is 0 Å². The molecule has 12 heteroatoms. The van der Waals surface area contributed by atoms with E-state index in [-0.39, 0.29) is 34.0 Å². The molecule has 0 spiro atoms. The number of aromatic amines is 2. The lowest BCUT2D eigenvalue weighted by atomic mass is 9.75. The van der Waals surface area contributed by atoms with Crippen molar-refractivity contribution in [2.45, 2.75) is 42.9 Å². The molecule has 2 bridgehead atoms. The van der Waals surface area contributed by atoms with Crippen molar-refractivity contribution in [2.75, 3.05) is 32.5 Å². The number of halogens is 3. The van der Waals surface area contributed by atoms with Crippen LogP contribution in [0.2, 0.25) is 0 Å². The summed E-state index contributed by atoms with van der Waals surface area (Å²) in [4.78, 5) is 12.4. The molecule has 0 saturated carbocycles. The second kappa shape index (κ2) is 11.4. The lowest BCUT2D eigenvalue weighted by Crippen LogP contribution is -2.48. The molecule has 8 nitrogen and oxygen atoms in total. The van der Waals surface area contributed by atoms with Gasteiger partial charge in [-0.25, -0.2) is 22.2 Å². The van der Waals surface area contributed by atoms with E-state index in [1.807, 2.05) is 24.3 Å². The van der Waals surface area contributed by atoms with E-state index >= 15 is 13.2 Å². The number of H-pyrrole nitrogens is 2. The molecule has 3 aromatic carbocycles. The highest BCUT2D eigenvalue weighted by Gasteiger charge is 2.38. The summed E-state index contributed by atoms with van der Waals surface area (Å²) in [5.41, 5.74) is 1.38. The number of para-hydroxylation sites is 1. The Morgan fingerprint density at radius 1 is 1.08 bits per heavy atom. The number of fused-ring (bicyclic) bond motifs is 5. The minimum atomic E-state index is -4.11. The van der Waals surface area contributed by atoms with E-state index < -0.39 is 43.3 Å². The number of aromatic nitrogens is 3. The van der Waals surface area contributed by atoms with Crippen LogP contribution in [0.3, 0.4) is 0 Å². The van der Waals surface area contributed by atoms with Gasteiger partial charge in [-0.15, -0.1) is 0 Å². The van der Waals surface area contributed by atoms with Crippen molar-refractivity contribution in [2.24, 2.45) is 11.8 Å². The van der Waals surface area contributed by atoms with Gasteiger partial charge in [-0.05, 0) is 87.4 Å². The zero-order valence-corrected chi connectivity index (χ0v) is 27.4. The number of piperidine rings is 3. The maximum absolute atomic E-state index is 16.2. The van der Waals surface area contributed by atoms with Crippen LogP contribution in [0, 0.1) is 29.3 Å². The summed E-state index contributed by atoms with van der Waals surface area (Å²) in [6.07, 6.45) is 7.16. The Kier molecular flexibility index (Phi) is 7.37. The first kappa shape index (κ1) is 31.0. The summed E-state index contributed by atoms with van der Waals surface area (Å²) in [7, 11) is -4.11. The number of sulfone groups is 1. The summed E-state index contributed by atoms with van der Waals surface area (Å²) < 4.78 is 85.4. The first-order chi connectivity index (χ1) is 23.0. The molecule has 9 rings (SSSR count). The largest absolute Gasteiger partial charge is 0.493 e. The molecule has 250 valence electrons. The van der Waals surface area contributed by atoms with Crippen molar-refractivity contribution in [3.63, 3.8) is 0 Å². The quantitative estimate of drug-likeness (QED) is 0.178. The average molecular weight is 677 g/mol. The van der Waals surface area contributed by atoms with E-state index in [0.717, 1.165) is 50.0 Å². The molecule has 48 heavy (non-hydrogen) atoms. The molecule has 0 radical (unpaired) electrons. The fourth-order valence-corrected chi connectivity index (χ4v) is 8.97. The van der Waals surface area contributed by atoms with Crippen molar-refractivity contribution < 1.29 is 31.1 Å². The lowest BCUT2D eigenvalue weighted by molar-refractivity contribution is 0.0510.